The molecule has 2 aromatic carbocycles. The zero-order valence-electron chi connectivity index (χ0n) is 10.6. The van der Waals surface area contributed by atoms with E-state index in [1.165, 1.54) is 6.07 Å². The molecule has 0 unspecified atom stereocenters. The van der Waals surface area contributed by atoms with Crippen LogP contribution in [0.4, 0.5) is 23.2 Å². The summed E-state index contributed by atoms with van der Waals surface area (Å²) in [6.45, 7) is -0.174. The summed E-state index contributed by atoms with van der Waals surface area (Å²) in [5.74, 6) is -5.04. The molecule has 0 bridgehead atoms. The van der Waals surface area contributed by atoms with Gasteiger partial charge in [-0.25, -0.2) is 17.6 Å². The molecule has 0 spiro atoms. The minimum atomic E-state index is -1.25. The maximum atomic E-state index is 13.9. The predicted molar refractivity (Wildman–Crippen MR) is 68.6 cm³/mol. The predicted octanol–water partition coefficient (Wildman–Crippen LogP) is 2.95. The van der Waals surface area contributed by atoms with Gasteiger partial charge in [0.05, 0.1) is 5.69 Å². The third kappa shape index (κ3) is 3.13. The highest BCUT2D eigenvalue weighted by molar-refractivity contribution is 5.94. The molecule has 7 heteroatoms. The Morgan fingerprint density at radius 1 is 1.05 bits per heavy atom. The summed E-state index contributed by atoms with van der Waals surface area (Å²) in [6, 6.07) is 4.85. The van der Waals surface area contributed by atoms with Gasteiger partial charge in [0.1, 0.15) is 23.0 Å². The smallest absolute Gasteiger partial charge is 0.254 e. The molecule has 3 nitrogen and oxygen atoms in total. The highest BCUT2D eigenvalue weighted by atomic mass is 19.1. The van der Waals surface area contributed by atoms with Crippen LogP contribution in [0.25, 0.3) is 0 Å². The van der Waals surface area contributed by atoms with E-state index in [1.54, 1.807) is 0 Å². The van der Waals surface area contributed by atoms with Crippen molar-refractivity contribution in [1.82, 2.24) is 0 Å². The van der Waals surface area contributed by atoms with E-state index >= 15 is 0 Å². The molecule has 2 aromatic rings. The van der Waals surface area contributed by atoms with Gasteiger partial charge in [0.25, 0.3) is 5.91 Å². The van der Waals surface area contributed by atoms with Gasteiger partial charge in [0.15, 0.2) is 5.82 Å². The fraction of sp³-hybridized carbons (Fsp3) is 0.0714. The van der Waals surface area contributed by atoms with E-state index in [9.17, 15) is 22.4 Å². The van der Waals surface area contributed by atoms with Crippen molar-refractivity contribution in [1.29, 1.82) is 0 Å². The normalized spacial score (nSPS) is 10.5. The average Bonchev–Trinajstić information content (AvgIpc) is 2.39. The van der Waals surface area contributed by atoms with Crippen LogP contribution in [0.2, 0.25) is 0 Å². The molecule has 110 valence electrons. The monoisotopic (exact) mass is 298 g/mol. The minimum Gasteiger partial charge on any atom is -0.378 e. The molecule has 21 heavy (non-hydrogen) atoms. The molecule has 0 aliphatic rings. The first-order valence-electron chi connectivity index (χ1n) is 5.85. The molecule has 0 aromatic heterocycles. The van der Waals surface area contributed by atoms with Crippen molar-refractivity contribution in [2.45, 2.75) is 6.54 Å². The van der Waals surface area contributed by atoms with Gasteiger partial charge in [-0.15, -0.1) is 0 Å². The van der Waals surface area contributed by atoms with Crippen LogP contribution >= 0.6 is 0 Å². The maximum absolute atomic E-state index is 13.9. The summed E-state index contributed by atoms with van der Waals surface area (Å²) in [5, 5.41) is 2.50. The summed E-state index contributed by atoms with van der Waals surface area (Å²) in [5.41, 5.74) is 3.88. The van der Waals surface area contributed by atoms with Crippen LogP contribution in [-0.4, -0.2) is 5.91 Å². The molecule has 0 fully saturated rings. The molecular weight excluding hydrogens is 288 g/mol. The van der Waals surface area contributed by atoms with Gasteiger partial charge in [-0.05, 0) is 18.2 Å². The van der Waals surface area contributed by atoms with Crippen molar-refractivity contribution in [3.05, 3.63) is 64.7 Å². The number of halogens is 4. The van der Waals surface area contributed by atoms with Crippen LogP contribution in [0.5, 0.6) is 0 Å². The first kappa shape index (κ1) is 14.8. The molecule has 0 aliphatic heterocycles. The minimum absolute atomic E-state index is 0.0840. The van der Waals surface area contributed by atoms with Crippen molar-refractivity contribution < 1.29 is 22.4 Å². The average molecular weight is 298 g/mol. The topological polar surface area (TPSA) is 55.1 Å². The van der Waals surface area contributed by atoms with E-state index < -0.39 is 34.7 Å². The first-order valence-corrected chi connectivity index (χ1v) is 5.85. The van der Waals surface area contributed by atoms with E-state index in [-0.39, 0.29) is 17.8 Å². The second-order valence-corrected chi connectivity index (χ2v) is 4.24. The quantitative estimate of drug-likeness (QED) is 0.853. The Hall–Kier alpha value is -2.57. The standard InChI is InChI=1S/C14H10F4N2O/c15-8-2-1-7(10(17)5-8)6-20-11-4-3-9(16)12(13(11)18)14(19)21/h1-5,20H,6H2,(H2,19,21). The van der Waals surface area contributed by atoms with Gasteiger partial charge in [0.2, 0.25) is 0 Å². The maximum Gasteiger partial charge on any atom is 0.254 e. The zero-order valence-corrected chi connectivity index (χ0v) is 10.6. The van der Waals surface area contributed by atoms with Crippen molar-refractivity contribution in [2.75, 3.05) is 5.32 Å². The number of benzene rings is 2. The van der Waals surface area contributed by atoms with Crippen molar-refractivity contribution in [3.8, 4) is 0 Å². The van der Waals surface area contributed by atoms with Crippen LogP contribution in [0, 0.1) is 23.3 Å². The van der Waals surface area contributed by atoms with Crippen LogP contribution in [0.1, 0.15) is 15.9 Å². The Labute approximate surface area is 117 Å². The Balaban J connectivity index is 2.24. The third-order valence-electron chi connectivity index (χ3n) is 2.82. The Morgan fingerprint density at radius 3 is 2.38 bits per heavy atom. The highest BCUT2D eigenvalue weighted by Gasteiger charge is 2.18. The van der Waals surface area contributed by atoms with E-state index in [1.807, 2.05) is 0 Å². The highest BCUT2D eigenvalue weighted by Crippen LogP contribution is 2.22. The van der Waals surface area contributed by atoms with Crippen LogP contribution < -0.4 is 11.1 Å². The number of nitrogens with one attached hydrogen (secondary N) is 1. The van der Waals surface area contributed by atoms with Crippen LogP contribution in [0.3, 0.4) is 0 Å². The fourth-order valence-electron chi connectivity index (χ4n) is 1.77. The molecule has 0 saturated heterocycles. The van der Waals surface area contributed by atoms with E-state index in [0.717, 1.165) is 18.2 Å². The molecule has 2 rings (SSSR count). The SMILES string of the molecule is NC(=O)c1c(F)ccc(NCc2ccc(F)cc2F)c1F. The molecule has 0 atom stereocenters. The lowest BCUT2D eigenvalue weighted by atomic mass is 10.1. The summed E-state index contributed by atoms with van der Waals surface area (Å²) in [4.78, 5) is 11.0. The van der Waals surface area contributed by atoms with E-state index in [4.69, 9.17) is 5.73 Å². The number of rotatable bonds is 4. The molecule has 0 heterocycles. The number of hydrogen-bond donors (Lipinski definition) is 2. The summed E-state index contributed by atoms with van der Waals surface area (Å²) in [6.07, 6.45) is 0. The molecule has 0 aliphatic carbocycles. The molecule has 1 amide bonds. The Bertz CT molecular complexity index is 704. The Kier molecular flexibility index (Phi) is 4.11. The first-order chi connectivity index (χ1) is 9.90. The number of anilines is 1. The van der Waals surface area contributed by atoms with Crippen molar-refractivity contribution in [3.63, 3.8) is 0 Å². The van der Waals surface area contributed by atoms with E-state index in [0.29, 0.717) is 6.07 Å². The number of hydrogen-bond acceptors (Lipinski definition) is 2. The van der Waals surface area contributed by atoms with Crippen molar-refractivity contribution in [2.24, 2.45) is 5.73 Å². The number of carbonyl (C=O) groups excluding carboxylic acids is 1. The van der Waals surface area contributed by atoms with E-state index in [2.05, 4.69) is 5.32 Å². The third-order valence-corrected chi connectivity index (χ3v) is 2.82. The second kappa shape index (κ2) is 5.82. The number of amides is 1. The largest absolute Gasteiger partial charge is 0.378 e. The lowest BCUT2D eigenvalue weighted by molar-refractivity contribution is 0.0992. The number of nitrogens with two attached hydrogens (primary N) is 1. The van der Waals surface area contributed by atoms with Crippen molar-refractivity contribution >= 4 is 11.6 Å². The van der Waals surface area contributed by atoms with Crippen LogP contribution in [-0.2, 0) is 6.54 Å². The van der Waals surface area contributed by atoms with Gasteiger partial charge in [0, 0.05) is 18.2 Å². The summed E-state index contributed by atoms with van der Waals surface area (Å²) >= 11 is 0. The lowest BCUT2D eigenvalue weighted by Gasteiger charge is -2.10. The van der Waals surface area contributed by atoms with Gasteiger partial charge in [-0.2, -0.15) is 0 Å². The Morgan fingerprint density at radius 2 is 1.76 bits per heavy atom. The number of carbonyl (C=O) groups is 1. The van der Waals surface area contributed by atoms with Gasteiger partial charge >= 0.3 is 0 Å². The van der Waals surface area contributed by atoms with Gasteiger partial charge in [-0.3, -0.25) is 4.79 Å². The molecular formula is C14H10F4N2O. The summed E-state index contributed by atoms with van der Waals surface area (Å²) < 4.78 is 53.3. The van der Waals surface area contributed by atoms with Gasteiger partial charge in [-0.1, -0.05) is 6.07 Å². The molecule has 3 N–H and O–H groups in total. The van der Waals surface area contributed by atoms with Crippen LogP contribution in [0.15, 0.2) is 30.3 Å². The molecule has 0 radical (unpaired) electrons. The lowest BCUT2D eigenvalue weighted by Crippen LogP contribution is -2.17. The molecule has 0 saturated carbocycles. The zero-order chi connectivity index (χ0) is 15.6. The fourth-order valence-corrected chi connectivity index (χ4v) is 1.77. The second-order valence-electron chi connectivity index (χ2n) is 4.24. The number of primary amides is 1. The van der Waals surface area contributed by atoms with Gasteiger partial charge < -0.3 is 11.1 Å². The summed E-state index contributed by atoms with van der Waals surface area (Å²) in [7, 11) is 0.